The molecule has 2 heterocycles. The van der Waals surface area contributed by atoms with Crippen molar-refractivity contribution in [1.82, 2.24) is 4.37 Å². The van der Waals surface area contributed by atoms with E-state index in [4.69, 9.17) is 5.73 Å². The Morgan fingerprint density at radius 2 is 2.12 bits per heavy atom. The summed E-state index contributed by atoms with van der Waals surface area (Å²) in [5.41, 5.74) is 7.05. The SMILES string of the molecule is Cc1c(N)nsc1N1CCCC2CCCC21. The van der Waals surface area contributed by atoms with Gasteiger partial charge in [0.05, 0.1) is 0 Å². The molecule has 16 heavy (non-hydrogen) atoms. The van der Waals surface area contributed by atoms with Crippen LogP contribution < -0.4 is 10.6 Å². The molecule has 1 saturated carbocycles. The summed E-state index contributed by atoms with van der Waals surface area (Å²) in [6.45, 7) is 3.30. The zero-order valence-electron chi connectivity index (χ0n) is 9.78. The fourth-order valence-electron chi connectivity index (χ4n) is 3.31. The van der Waals surface area contributed by atoms with Crippen LogP contribution in [-0.4, -0.2) is 17.0 Å². The monoisotopic (exact) mass is 237 g/mol. The van der Waals surface area contributed by atoms with Gasteiger partial charge in [0, 0.05) is 18.2 Å². The average molecular weight is 237 g/mol. The highest BCUT2D eigenvalue weighted by atomic mass is 32.1. The highest BCUT2D eigenvalue weighted by Gasteiger charge is 2.36. The standard InChI is InChI=1S/C12H19N3S/c1-8-11(13)14-16-12(8)15-7-3-5-9-4-2-6-10(9)15/h9-10H,2-7H2,1H3,(H2,13,14). The van der Waals surface area contributed by atoms with E-state index in [2.05, 4.69) is 16.2 Å². The van der Waals surface area contributed by atoms with E-state index in [1.165, 1.54) is 49.2 Å². The van der Waals surface area contributed by atoms with E-state index in [0.717, 1.165) is 17.8 Å². The summed E-state index contributed by atoms with van der Waals surface area (Å²) in [6.07, 6.45) is 6.95. The molecule has 0 aromatic carbocycles. The van der Waals surface area contributed by atoms with E-state index in [0.29, 0.717) is 0 Å². The molecule has 2 aliphatic rings. The third-order valence-corrected chi connectivity index (χ3v) is 5.19. The van der Waals surface area contributed by atoms with Crippen LogP contribution in [0.2, 0.25) is 0 Å². The van der Waals surface area contributed by atoms with Crippen LogP contribution in [0.1, 0.15) is 37.7 Å². The molecule has 3 nitrogen and oxygen atoms in total. The molecule has 3 rings (SSSR count). The molecule has 1 saturated heterocycles. The number of nitrogens with zero attached hydrogens (tertiary/aromatic N) is 2. The highest BCUT2D eigenvalue weighted by Crippen LogP contribution is 2.42. The lowest BCUT2D eigenvalue weighted by Crippen LogP contribution is -2.42. The second-order valence-corrected chi connectivity index (χ2v) is 5.84. The molecule has 1 aliphatic carbocycles. The Balaban J connectivity index is 1.90. The lowest BCUT2D eigenvalue weighted by atomic mass is 9.92. The smallest absolute Gasteiger partial charge is 0.142 e. The van der Waals surface area contributed by atoms with E-state index in [-0.39, 0.29) is 0 Å². The lowest BCUT2D eigenvalue weighted by Gasteiger charge is -2.38. The molecule has 0 radical (unpaired) electrons. The van der Waals surface area contributed by atoms with Crippen LogP contribution in [0.5, 0.6) is 0 Å². The first-order valence-corrected chi connectivity index (χ1v) is 7.03. The molecule has 2 fully saturated rings. The normalized spacial score (nSPS) is 29.4. The van der Waals surface area contributed by atoms with Gasteiger partial charge in [-0.05, 0) is 50.1 Å². The van der Waals surface area contributed by atoms with E-state index in [1.807, 2.05) is 0 Å². The number of rotatable bonds is 1. The minimum absolute atomic E-state index is 0.722. The van der Waals surface area contributed by atoms with Crippen molar-refractivity contribution in [1.29, 1.82) is 0 Å². The molecule has 1 aliphatic heterocycles. The first-order chi connectivity index (χ1) is 7.77. The number of nitrogen functional groups attached to an aromatic ring is 1. The van der Waals surface area contributed by atoms with Crippen LogP contribution in [-0.2, 0) is 0 Å². The highest BCUT2D eigenvalue weighted by molar-refractivity contribution is 7.10. The molecular formula is C12H19N3S. The third-order valence-electron chi connectivity index (χ3n) is 4.19. The molecule has 0 spiro atoms. The Morgan fingerprint density at radius 3 is 2.88 bits per heavy atom. The fourth-order valence-corrected chi connectivity index (χ4v) is 4.21. The number of fused-ring (bicyclic) bond motifs is 1. The Labute approximate surface area is 101 Å². The van der Waals surface area contributed by atoms with Crippen molar-refractivity contribution < 1.29 is 0 Å². The maximum Gasteiger partial charge on any atom is 0.142 e. The van der Waals surface area contributed by atoms with Crippen molar-refractivity contribution in [2.75, 3.05) is 17.2 Å². The van der Waals surface area contributed by atoms with Gasteiger partial charge in [-0.15, -0.1) is 0 Å². The van der Waals surface area contributed by atoms with Gasteiger partial charge in [0.25, 0.3) is 0 Å². The van der Waals surface area contributed by atoms with Crippen LogP contribution in [0.4, 0.5) is 10.8 Å². The number of aromatic nitrogens is 1. The van der Waals surface area contributed by atoms with E-state index in [1.54, 1.807) is 11.5 Å². The van der Waals surface area contributed by atoms with Gasteiger partial charge >= 0.3 is 0 Å². The number of hydrogen-bond donors (Lipinski definition) is 1. The number of hydrogen-bond acceptors (Lipinski definition) is 4. The topological polar surface area (TPSA) is 42.1 Å². The van der Waals surface area contributed by atoms with Crippen molar-refractivity contribution in [3.63, 3.8) is 0 Å². The summed E-state index contributed by atoms with van der Waals surface area (Å²) in [7, 11) is 0. The van der Waals surface area contributed by atoms with Gasteiger partial charge in [-0.2, -0.15) is 4.37 Å². The van der Waals surface area contributed by atoms with Crippen molar-refractivity contribution in [3.8, 4) is 0 Å². The molecular weight excluding hydrogens is 218 g/mol. The Bertz CT molecular complexity index is 388. The molecule has 0 bridgehead atoms. The summed E-state index contributed by atoms with van der Waals surface area (Å²) < 4.78 is 4.28. The molecule has 1 aromatic rings. The second-order valence-electron chi connectivity index (χ2n) is 5.09. The molecule has 2 N–H and O–H groups in total. The van der Waals surface area contributed by atoms with Gasteiger partial charge in [0.1, 0.15) is 10.8 Å². The molecule has 2 unspecified atom stereocenters. The van der Waals surface area contributed by atoms with E-state index >= 15 is 0 Å². The maximum atomic E-state index is 5.86. The molecule has 88 valence electrons. The predicted molar refractivity (Wildman–Crippen MR) is 69.0 cm³/mol. The van der Waals surface area contributed by atoms with E-state index < -0.39 is 0 Å². The summed E-state index contributed by atoms with van der Waals surface area (Å²) >= 11 is 1.58. The first kappa shape index (κ1) is 10.4. The summed E-state index contributed by atoms with van der Waals surface area (Å²) in [5, 5.41) is 1.33. The maximum absolute atomic E-state index is 5.86. The predicted octanol–water partition coefficient (Wildman–Crippen LogP) is 2.80. The van der Waals surface area contributed by atoms with Crippen LogP contribution >= 0.6 is 11.5 Å². The van der Waals surface area contributed by atoms with Crippen molar-refractivity contribution in [2.45, 2.75) is 45.1 Å². The first-order valence-electron chi connectivity index (χ1n) is 6.26. The molecule has 0 amide bonds. The Hall–Kier alpha value is -0.770. The Kier molecular flexibility index (Phi) is 2.54. The minimum atomic E-state index is 0.722. The Morgan fingerprint density at radius 1 is 1.31 bits per heavy atom. The molecule has 4 heteroatoms. The summed E-state index contributed by atoms with van der Waals surface area (Å²) in [4.78, 5) is 2.59. The quantitative estimate of drug-likeness (QED) is 0.816. The summed E-state index contributed by atoms with van der Waals surface area (Å²) in [5.74, 6) is 1.65. The zero-order chi connectivity index (χ0) is 11.1. The molecule has 2 atom stereocenters. The van der Waals surface area contributed by atoms with Crippen LogP contribution in [0.25, 0.3) is 0 Å². The van der Waals surface area contributed by atoms with Gasteiger partial charge in [0.2, 0.25) is 0 Å². The van der Waals surface area contributed by atoms with Gasteiger partial charge in [0.15, 0.2) is 0 Å². The van der Waals surface area contributed by atoms with Crippen LogP contribution in [0, 0.1) is 12.8 Å². The second kappa shape index (κ2) is 3.91. The van der Waals surface area contributed by atoms with Gasteiger partial charge in [-0.25, -0.2) is 0 Å². The third kappa shape index (κ3) is 1.51. The number of nitrogens with two attached hydrogens (primary N) is 1. The lowest BCUT2D eigenvalue weighted by molar-refractivity contribution is 0.363. The van der Waals surface area contributed by atoms with Gasteiger partial charge < -0.3 is 10.6 Å². The minimum Gasteiger partial charge on any atom is -0.383 e. The number of piperidine rings is 1. The zero-order valence-corrected chi connectivity index (χ0v) is 10.6. The summed E-state index contributed by atoms with van der Waals surface area (Å²) in [6, 6.07) is 0.771. The van der Waals surface area contributed by atoms with Gasteiger partial charge in [-0.1, -0.05) is 6.42 Å². The van der Waals surface area contributed by atoms with E-state index in [9.17, 15) is 0 Å². The van der Waals surface area contributed by atoms with Gasteiger partial charge in [-0.3, -0.25) is 0 Å². The fraction of sp³-hybridized carbons (Fsp3) is 0.750. The van der Waals surface area contributed by atoms with Crippen LogP contribution in [0.3, 0.4) is 0 Å². The van der Waals surface area contributed by atoms with Crippen molar-refractivity contribution >= 4 is 22.4 Å². The van der Waals surface area contributed by atoms with Crippen LogP contribution in [0.15, 0.2) is 0 Å². The molecule has 1 aromatic heterocycles. The largest absolute Gasteiger partial charge is 0.383 e. The number of anilines is 2. The average Bonchev–Trinajstić information content (AvgIpc) is 2.87. The van der Waals surface area contributed by atoms with Crippen molar-refractivity contribution in [2.24, 2.45) is 5.92 Å². The van der Waals surface area contributed by atoms with Crippen molar-refractivity contribution in [3.05, 3.63) is 5.56 Å².